The van der Waals surface area contributed by atoms with Gasteiger partial charge < -0.3 is 15.4 Å². The number of piperidine rings is 1. The first-order chi connectivity index (χ1) is 9.15. The number of benzene rings is 1. The van der Waals surface area contributed by atoms with Gasteiger partial charge >= 0.3 is 6.61 Å². The fourth-order valence-electron chi connectivity index (χ4n) is 2.06. The van der Waals surface area contributed by atoms with Crippen LogP contribution in [0.5, 0.6) is 5.75 Å². The molecular formula is C13H16F2N2O2. The van der Waals surface area contributed by atoms with Gasteiger partial charge in [-0.05, 0) is 37.6 Å². The number of carbonyl (C=O) groups excluding carboxylic acids is 1. The highest BCUT2D eigenvalue weighted by Gasteiger charge is 2.16. The molecule has 0 radical (unpaired) electrons. The van der Waals surface area contributed by atoms with E-state index in [9.17, 15) is 13.6 Å². The standard InChI is InChI=1S/C13H16F2N2O2/c14-13(15)19-11-5-1-3-9(7-11)12(18)17-10-4-2-6-16-8-10/h1,3,5,7,10,13,16H,2,4,6,8H2,(H,17,18)/t10-/m0/s1. The molecule has 0 unspecified atom stereocenters. The molecule has 1 heterocycles. The van der Waals surface area contributed by atoms with Gasteiger partial charge in [0.1, 0.15) is 5.75 Å². The van der Waals surface area contributed by atoms with Crippen molar-refractivity contribution in [1.29, 1.82) is 0 Å². The van der Waals surface area contributed by atoms with Gasteiger partial charge in [-0.1, -0.05) is 6.07 Å². The number of amides is 1. The molecule has 0 spiro atoms. The van der Waals surface area contributed by atoms with E-state index in [-0.39, 0.29) is 17.7 Å². The van der Waals surface area contributed by atoms with Gasteiger partial charge in [0.25, 0.3) is 5.91 Å². The van der Waals surface area contributed by atoms with Crippen LogP contribution in [0, 0.1) is 0 Å². The van der Waals surface area contributed by atoms with Crippen LogP contribution in [0.4, 0.5) is 8.78 Å². The van der Waals surface area contributed by atoms with Crippen molar-refractivity contribution in [2.75, 3.05) is 13.1 Å². The van der Waals surface area contributed by atoms with E-state index in [0.717, 1.165) is 25.9 Å². The molecule has 1 fully saturated rings. The molecule has 0 saturated carbocycles. The van der Waals surface area contributed by atoms with Crippen LogP contribution >= 0.6 is 0 Å². The first kappa shape index (κ1) is 13.7. The normalized spacial score (nSPS) is 19.2. The third-order valence-electron chi connectivity index (χ3n) is 2.95. The van der Waals surface area contributed by atoms with Gasteiger partial charge in [0.15, 0.2) is 0 Å². The van der Waals surface area contributed by atoms with E-state index < -0.39 is 6.61 Å². The molecule has 104 valence electrons. The molecule has 0 bridgehead atoms. The second kappa shape index (κ2) is 6.47. The summed E-state index contributed by atoms with van der Waals surface area (Å²) in [4.78, 5) is 12.0. The van der Waals surface area contributed by atoms with Gasteiger partial charge in [-0.2, -0.15) is 8.78 Å². The molecule has 4 nitrogen and oxygen atoms in total. The van der Waals surface area contributed by atoms with Crippen LogP contribution in [0.25, 0.3) is 0 Å². The van der Waals surface area contributed by atoms with Gasteiger partial charge in [-0.15, -0.1) is 0 Å². The van der Waals surface area contributed by atoms with Crippen molar-refractivity contribution < 1.29 is 18.3 Å². The molecule has 1 saturated heterocycles. The Hall–Kier alpha value is -1.69. The Morgan fingerprint density at radius 2 is 2.32 bits per heavy atom. The van der Waals surface area contributed by atoms with Crippen LogP contribution in [0.1, 0.15) is 23.2 Å². The maximum absolute atomic E-state index is 12.1. The van der Waals surface area contributed by atoms with E-state index in [1.54, 1.807) is 6.07 Å². The lowest BCUT2D eigenvalue weighted by molar-refractivity contribution is -0.0498. The predicted molar refractivity (Wildman–Crippen MR) is 66.4 cm³/mol. The molecule has 2 rings (SSSR count). The summed E-state index contributed by atoms with van der Waals surface area (Å²) in [5, 5.41) is 6.06. The summed E-state index contributed by atoms with van der Waals surface area (Å²) in [6.07, 6.45) is 1.94. The van der Waals surface area contributed by atoms with Gasteiger partial charge in [-0.3, -0.25) is 4.79 Å². The van der Waals surface area contributed by atoms with E-state index >= 15 is 0 Å². The zero-order chi connectivity index (χ0) is 13.7. The summed E-state index contributed by atoms with van der Waals surface area (Å²) in [6, 6.07) is 5.89. The smallest absolute Gasteiger partial charge is 0.387 e. The molecule has 2 N–H and O–H groups in total. The number of alkyl halides is 2. The second-order valence-electron chi connectivity index (χ2n) is 4.42. The highest BCUT2D eigenvalue weighted by atomic mass is 19.3. The Morgan fingerprint density at radius 3 is 3.00 bits per heavy atom. The van der Waals surface area contributed by atoms with Crippen molar-refractivity contribution in [1.82, 2.24) is 10.6 Å². The number of hydrogen-bond acceptors (Lipinski definition) is 3. The molecule has 1 aromatic carbocycles. The summed E-state index contributed by atoms with van der Waals surface area (Å²) < 4.78 is 28.5. The fourth-order valence-corrected chi connectivity index (χ4v) is 2.06. The lowest BCUT2D eigenvalue weighted by Gasteiger charge is -2.23. The van der Waals surface area contributed by atoms with E-state index in [1.807, 2.05) is 0 Å². The minimum absolute atomic E-state index is 0.00980. The Kier molecular flexibility index (Phi) is 4.68. The van der Waals surface area contributed by atoms with Crippen LogP contribution in [0.3, 0.4) is 0 Å². The molecule has 19 heavy (non-hydrogen) atoms. The largest absolute Gasteiger partial charge is 0.435 e. The van der Waals surface area contributed by atoms with Crippen molar-refractivity contribution in [2.24, 2.45) is 0 Å². The van der Waals surface area contributed by atoms with E-state index in [0.29, 0.717) is 5.56 Å². The average molecular weight is 270 g/mol. The number of ether oxygens (including phenoxy) is 1. The van der Waals surface area contributed by atoms with Crippen molar-refractivity contribution in [3.05, 3.63) is 29.8 Å². The molecule has 1 aliphatic heterocycles. The van der Waals surface area contributed by atoms with Crippen LogP contribution in [-0.4, -0.2) is 31.7 Å². The Bertz CT molecular complexity index is 434. The van der Waals surface area contributed by atoms with Crippen LogP contribution in [0.15, 0.2) is 24.3 Å². The molecule has 0 aliphatic carbocycles. The van der Waals surface area contributed by atoms with Gasteiger partial charge in [0.05, 0.1) is 0 Å². The number of halogens is 2. The summed E-state index contributed by atoms with van der Waals surface area (Å²) >= 11 is 0. The van der Waals surface area contributed by atoms with E-state index in [4.69, 9.17) is 0 Å². The lowest BCUT2D eigenvalue weighted by atomic mass is 10.1. The Morgan fingerprint density at radius 1 is 1.47 bits per heavy atom. The fraction of sp³-hybridized carbons (Fsp3) is 0.462. The van der Waals surface area contributed by atoms with Crippen molar-refractivity contribution in [2.45, 2.75) is 25.5 Å². The first-order valence-corrected chi connectivity index (χ1v) is 6.21. The van der Waals surface area contributed by atoms with Crippen molar-refractivity contribution in [3.8, 4) is 5.75 Å². The molecule has 1 aromatic rings. The van der Waals surface area contributed by atoms with Gasteiger partial charge in [-0.25, -0.2) is 0 Å². The minimum atomic E-state index is -2.89. The number of nitrogens with one attached hydrogen (secondary N) is 2. The van der Waals surface area contributed by atoms with Crippen molar-refractivity contribution in [3.63, 3.8) is 0 Å². The van der Waals surface area contributed by atoms with E-state index in [1.165, 1.54) is 18.2 Å². The average Bonchev–Trinajstić information content (AvgIpc) is 2.39. The molecule has 1 aliphatic rings. The van der Waals surface area contributed by atoms with Crippen LogP contribution < -0.4 is 15.4 Å². The Labute approximate surface area is 110 Å². The summed E-state index contributed by atoms with van der Waals surface area (Å²) in [6.45, 7) is -1.19. The monoisotopic (exact) mass is 270 g/mol. The zero-order valence-electron chi connectivity index (χ0n) is 10.4. The predicted octanol–water partition coefficient (Wildman–Crippen LogP) is 1.77. The second-order valence-corrected chi connectivity index (χ2v) is 4.42. The topological polar surface area (TPSA) is 50.4 Å². The lowest BCUT2D eigenvalue weighted by Crippen LogP contribution is -2.45. The third kappa shape index (κ3) is 4.17. The Balaban J connectivity index is 1.97. The molecule has 1 amide bonds. The summed E-state index contributed by atoms with van der Waals surface area (Å²) in [5.41, 5.74) is 0.323. The quantitative estimate of drug-likeness (QED) is 0.876. The maximum Gasteiger partial charge on any atom is 0.387 e. The van der Waals surface area contributed by atoms with Crippen LogP contribution in [0.2, 0.25) is 0 Å². The number of rotatable bonds is 4. The molecule has 0 aromatic heterocycles. The number of carbonyl (C=O) groups is 1. The highest BCUT2D eigenvalue weighted by Crippen LogP contribution is 2.16. The maximum atomic E-state index is 12.1. The summed E-state index contributed by atoms with van der Waals surface area (Å²) in [5.74, 6) is -0.280. The van der Waals surface area contributed by atoms with Gasteiger partial charge in [0.2, 0.25) is 0 Å². The molecular weight excluding hydrogens is 254 g/mol. The van der Waals surface area contributed by atoms with Crippen LogP contribution in [-0.2, 0) is 0 Å². The molecule has 1 atom stereocenters. The SMILES string of the molecule is O=C(N[C@H]1CCCNC1)c1cccc(OC(F)F)c1. The number of hydrogen-bond donors (Lipinski definition) is 2. The van der Waals surface area contributed by atoms with Gasteiger partial charge in [0, 0.05) is 18.2 Å². The van der Waals surface area contributed by atoms with Crippen molar-refractivity contribution >= 4 is 5.91 Å². The minimum Gasteiger partial charge on any atom is -0.435 e. The summed E-state index contributed by atoms with van der Waals surface area (Å²) in [7, 11) is 0. The zero-order valence-corrected chi connectivity index (χ0v) is 10.4. The first-order valence-electron chi connectivity index (χ1n) is 6.21. The third-order valence-corrected chi connectivity index (χ3v) is 2.95. The highest BCUT2D eigenvalue weighted by molar-refractivity contribution is 5.94. The van der Waals surface area contributed by atoms with E-state index in [2.05, 4.69) is 15.4 Å². The molecule has 6 heteroatoms.